The van der Waals surface area contributed by atoms with Crippen molar-refractivity contribution in [3.05, 3.63) is 18.0 Å². The summed E-state index contributed by atoms with van der Waals surface area (Å²) in [4.78, 5) is 6.92. The largest absolute Gasteiger partial charge is 0.357 e. The number of likely N-dealkylation sites (N-methyl/N-ethyl adjacent to an activating group) is 1. The molecule has 6 heteroatoms. The summed E-state index contributed by atoms with van der Waals surface area (Å²) in [5.41, 5.74) is 1.19. The third kappa shape index (κ3) is 6.47. The highest BCUT2D eigenvalue weighted by atomic mass is 15.2. The van der Waals surface area contributed by atoms with Crippen LogP contribution in [-0.2, 0) is 7.05 Å². The molecule has 0 saturated heterocycles. The Hall–Kier alpha value is -1.56. The summed E-state index contributed by atoms with van der Waals surface area (Å²) in [6, 6.07) is 0.236. The highest BCUT2D eigenvalue weighted by Gasteiger charge is 2.15. The molecule has 0 aromatic carbocycles. The Morgan fingerprint density at radius 1 is 1.32 bits per heavy atom. The lowest BCUT2D eigenvalue weighted by molar-refractivity contribution is 0.306. The van der Waals surface area contributed by atoms with Crippen molar-refractivity contribution in [2.75, 3.05) is 33.7 Å². The van der Waals surface area contributed by atoms with Crippen molar-refractivity contribution in [3.8, 4) is 0 Å². The zero-order valence-electron chi connectivity index (χ0n) is 14.8. The average molecular weight is 308 g/mol. The molecule has 1 aromatic heterocycles. The summed E-state index contributed by atoms with van der Waals surface area (Å²) >= 11 is 0. The first-order chi connectivity index (χ1) is 10.6. The molecule has 1 unspecified atom stereocenters. The molecule has 0 spiro atoms. The molecule has 1 atom stereocenters. The molecule has 0 amide bonds. The number of nitrogens with one attached hydrogen (secondary N) is 2. The van der Waals surface area contributed by atoms with Gasteiger partial charge >= 0.3 is 0 Å². The first-order valence-corrected chi connectivity index (χ1v) is 8.25. The monoisotopic (exact) mass is 308 g/mol. The van der Waals surface area contributed by atoms with Gasteiger partial charge in [-0.1, -0.05) is 19.8 Å². The van der Waals surface area contributed by atoms with Crippen LogP contribution < -0.4 is 10.6 Å². The number of nitrogens with zero attached hydrogens (tertiary/aromatic N) is 4. The maximum absolute atomic E-state index is 4.73. The molecule has 0 radical (unpaired) electrons. The number of hydrogen-bond acceptors (Lipinski definition) is 3. The second-order valence-corrected chi connectivity index (χ2v) is 5.78. The summed E-state index contributed by atoms with van der Waals surface area (Å²) in [6.07, 6.45) is 7.64. The lowest BCUT2D eigenvalue weighted by Crippen LogP contribution is -2.38. The molecule has 6 nitrogen and oxygen atoms in total. The van der Waals surface area contributed by atoms with Crippen LogP contribution in [0, 0.1) is 0 Å². The maximum atomic E-state index is 4.73. The first kappa shape index (κ1) is 18.5. The number of rotatable bonds is 9. The second-order valence-electron chi connectivity index (χ2n) is 5.78. The van der Waals surface area contributed by atoms with Gasteiger partial charge in [-0.3, -0.25) is 9.67 Å². The number of unbranched alkanes of at least 4 members (excludes halogenated alkanes) is 2. The number of aromatic nitrogens is 2. The summed E-state index contributed by atoms with van der Waals surface area (Å²) in [5, 5.41) is 11.0. The number of hydrogen-bond donors (Lipinski definition) is 2. The van der Waals surface area contributed by atoms with E-state index in [1.807, 2.05) is 17.9 Å². The van der Waals surface area contributed by atoms with Gasteiger partial charge in [0.15, 0.2) is 5.96 Å². The molecule has 0 saturated carbocycles. The van der Waals surface area contributed by atoms with Crippen LogP contribution in [0.5, 0.6) is 0 Å². The molecule has 0 aliphatic carbocycles. The summed E-state index contributed by atoms with van der Waals surface area (Å²) < 4.78 is 1.84. The van der Waals surface area contributed by atoms with Gasteiger partial charge in [-0.15, -0.1) is 0 Å². The van der Waals surface area contributed by atoms with E-state index in [9.17, 15) is 0 Å². The van der Waals surface area contributed by atoms with E-state index in [4.69, 9.17) is 4.99 Å². The van der Waals surface area contributed by atoms with Crippen LogP contribution in [0.4, 0.5) is 0 Å². The zero-order valence-corrected chi connectivity index (χ0v) is 14.8. The Bertz CT molecular complexity index is 438. The Kier molecular flexibility index (Phi) is 8.58. The van der Waals surface area contributed by atoms with Gasteiger partial charge in [0, 0.05) is 31.9 Å². The van der Waals surface area contributed by atoms with E-state index in [1.54, 1.807) is 0 Å². The molecule has 1 aromatic rings. The summed E-state index contributed by atoms with van der Waals surface area (Å²) in [6.45, 7) is 6.86. The SMILES string of the molecule is CCCCCNC(=NCC(c1cnn(C)c1)N(C)C)NCC. The second kappa shape index (κ2) is 10.2. The number of guanidine groups is 1. The van der Waals surface area contributed by atoms with E-state index in [-0.39, 0.29) is 6.04 Å². The van der Waals surface area contributed by atoms with Crippen molar-refractivity contribution in [2.24, 2.45) is 12.0 Å². The van der Waals surface area contributed by atoms with Crippen LogP contribution >= 0.6 is 0 Å². The van der Waals surface area contributed by atoms with Crippen LogP contribution in [0.2, 0.25) is 0 Å². The van der Waals surface area contributed by atoms with Gasteiger partial charge < -0.3 is 15.5 Å². The zero-order chi connectivity index (χ0) is 16.4. The Labute approximate surface area is 135 Å². The van der Waals surface area contributed by atoms with Crippen LogP contribution in [0.3, 0.4) is 0 Å². The summed E-state index contributed by atoms with van der Waals surface area (Å²) in [7, 11) is 6.10. The van der Waals surface area contributed by atoms with E-state index in [0.717, 1.165) is 19.0 Å². The fourth-order valence-electron chi connectivity index (χ4n) is 2.28. The molecule has 0 bridgehead atoms. The van der Waals surface area contributed by atoms with Crippen molar-refractivity contribution in [1.29, 1.82) is 0 Å². The summed E-state index contributed by atoms with van der Waals surface area (Å²) in [5.74, 6) is 0.898. The molecule has 0 fully saturated rings. The van der Waals surface area contributed by atoms with E-state index in [0.29, 0.717) is 6.54 Å². The van der Waals surface area contributed by atoms with Crippen molar-refractivity contribution in [2.45, 2.75) is 39.2 Å². The fraction of sp³-hybridized carbons (Fsp3) is 0.750. The van der Waals surface area contributed by atoms with Crippen molar-refractivity contribution >= 4 is 5.96 Å². The lowest BCUT2D eigenvalue weighted by atomic mass is 10.1. The highest BCUT2D eigenvalue weighted by Crippen LogP contribution is 2.17. The number of aryl methyl sites for hydroxylation is 1. The smallest absolute Gasteiger partial charge is 0.191 e. The highest BCUT2D eigenvalue weighted by molar-refractivity contribution is 5.79. The standard InChI is InChI=1S/C16H32N6/c1-6-8-9-10-18-16(17-7-2)19-12-15(21(3)4)14-11-20-22(5)13-14/h11,13,15H,6-10,12H2,1-5H3,(H2,17,18,19). The molecule has 22 heavy (non-hydrogen) atoms. The maximum Gasteiger partial charge on any atom is 0.191 e. The van der Waals surface area contributed by atoms with Gasteiger partial charge in [0.05, 0.1) is 18.8 Å². The minimum absolute atomic E-state index is 0.236. The third-order valence-corrected chi connectivity index (χ3v) is 3.57. The molecule has 1 heterocycles. The van der Waals surface area contributed by atoms with Gasteiger partial charge in [-0.05, 0) is 27.4 Å². The molecule has 2 N–H and O–H groups in total. The van der Waals surface area contributed by atoms with Crippen molar-refractivity contribution < 1.29 is 0 Å². The number of aliphatic imine (C=N–C) groups is 1. The minimum atomic E-state index is 0.236. The average Bonchev–Trinajstić information content (AvgIpc) is 2.89. The van der Waals surface area contributed by atoms with Gasteiger partial charge in [-0.2, -0.15) is 5.10 Å². The van der Waals surface area contributed by atoms with Crippen molar-refractivity contribution in [3.63, 3.8) is 0 Å². The minimum Gasteiger partial charge on any atom is -0.357 e. The molecule has 0 aliphatic rings. The van der Waals surface area contributed by atoms with E-state index >= 15 is 0 Å². The van der Waals surface area contributed by atoms with Crippen LogP contribution in [0.25, 0.3) is 0 Å². The van der Waals surface area contributed by atoms with Gasteiger partial charge in [0.1, 0.15) is 0 Å². The Morgan fingerprint density at radius 3 is 2.64 bits per heavy atom. The Morgan fingerprint density at radius 2 is 2.09 bits per heavy atom. The lowest BCUT2D eigenvalue weighted by Gasteiger charge is -2.22. The molecular weight excluding hydrogens is 276 g/mol. The molecule has 1 rings (SSSR count). The van der Waals surface area contributed by atoms with Crippen LogP contribution in [0.15, 0.2) is 17.4 Å². The van der Waals surface area contributed by atoms with Crippen LogP contribution in [-0.4, -0.2) is 54.4 Å². The normalized spacial score (nSPS) is 13.5. The van der Waals surface area contributed by atoms with E-state index in [2.05, 4.69) is 54.8 Å². The predicted octanol–water partition coefficient (Wildman–Crippen LogP) is 1.77. The molecular formula is C16H32N6. The quantitative estimate of drug-likeness (QED) is 0.415. The molecule has 0 aliphatic heterocycles. The van der Waals surface area contributed by atoms with Gasteiger partial charge in [-0.25, -0.2) is 0 Å². The fourth-order valence-corrected chi connectivity index (χ4v) is 2.28. The van der Waals surface area contributed by atoms with Crippen molar-refractivity contribution in [1.82, 2.24) is 25.3 Å². The molecule has 126 valence electrons. The Balaban J connectivity index is 2.64. The van der Waals surface area contributed by atoms with E-state index < -0.39 is 0 Å². The third-order valence-electron chi connectivity index (χ3n) is 3.57. The predicted molar refractivity (Wildman–Crippen MR) is 93.1 cm³/mol. The van der Waals surface area contributed by atoms with Gasteiger partial charge in [0.2, 0.25) is 0 Å². The van der Waals surface area contributed by atoms with Crippen LogP contribution in [0.1, 0.15) is 44.7 Å². The first-order valence-electron chi connectivity index (χ1n) is 8.25. The van der Waals surface area contributed by atoms with E-state index in [1.165, 1.54) is 24.8 Å². The van der Waals surface area contributed by atoms with Gasteiger partial charge in [0.25, 0.3) is 0 Å². The topological polar surface area (TPSA) is 57.5 Å².